The predicted molar refractivity (Wildman–Crippen MR) is 74.1 cm³/mol. The maximum Gasteiger partial charge on any atom is 0.310 e. The number of nitro groups is 1. The number of aromatic nitrogens is 1. The van der Waals surface area contributed by atoms with Crippen molar-refractivity contribution in [1.82, 2.24) is 4.98 Å². The van der Waals surface area contributed by atoms with Crippen LogP contribution in [0.3, 0.4) is 0 Å². The first kappa shape index (κ1) is 13.5. The van der Waals surface area contributed by atoms with Crippen LogP contribution in [0.15, 0.2) is 41.0 Å². The maximum absolute atomic E-state index is 10.9. The Kier molecular flexibility index (Phi) is 4.11. The molecule has 0 fully saturated rings. The Bertz CT molecular complexity index is 599. The number of aryl methyl sites for hydroxylation is 1. The van der Waals surface area contributed by atoms with Gasteiger partial charge in [0.2, 0.25) is 0 Å². The van der Waals surface area contributed by atoms with E-state index in [4.69, 9.17) is 4.74 Å². The van der Waals surface area contributed by atoms with Gasteiger partial charge in [-0.1, -0.05) is 6.07 Å². The molecule has 98 valence electrons. The highest BCUT2D eigenvalue weighted by Gasteiger charge is 2.14. The molecule has 0 radical (unpaired) electrons. The maximum atomic E-state index is 10.9. The van der Waals surface area contributed by atoms with E-state index in [1.165, 1.54) is 6.07 Å². The van der Waals surface area contributed by atoms with Gasteiger partial charge in [-0.15, -0.1) is 0 Å². The quantitative estimate of drug-likeness (QED) is 0.636. The van der Waals surface area contributed by atoms with Crippen LogP contribution < -0.4 is 4.74 Å². The summed E-state index contributed by atoms with van der Waals surface area (Å²) in [5.41, 5.74) is 1.58. The Labute approximate surface area is 118 Å². The Morgan fingerprint density at radius 2 is 2.16 bits per heavy atom. The number of hydrogen-bond acceptors (Lipinski definition) is 4. The molecule has 0 N–H and O–H groups in total. The number of rotatable bonds is 4. The van der Waals surface area contributed by atoms with Crippen LogP contribution in [-0.4, -0.2) is 9.91 Å². The molecule has 1 aromatic heterocycles. The van der Waals surface area contributed by atoms with Crippen molar-refractivity contribution in [2.75, 3.05) is 0 Å². The van der Waals surface area contributed by atoms with Crippen LogP contribution in [0.1, 0.15) is 11.3 Å². The molecule has 0 unspecified atom stereocenters. The smallest absolute Gasteiger partial charge is 0.310 e. The molecule has 0 amide bonds. The van der Waals surface area contributed by atoms with E-state index in [0.717, 1.165) is 10.0 Å². The minimum Gasteiger partial charge on any atom is -0.480 e. The second-order valence-electron chi connectivity index (χ2n) is 3.98. The first-order valence-corrected chi connectivity index (χ1v) is 6.34. The molecular formula is C13H11BrN2O3. The third-order valence-corrected chi connectivity index (χ3v) is 2.95. The molecule has 0 spiro atoms. The molecule has 0 saturated carbocycles. The molecule has 0 saturated heterocycles. The lowest BCUT2D eigenvalue weighted by Crippen LogP contribution is -2.01. The van der Waals surface area contributed by atoms with Crippen LogP contribution >= 0.6 is 15.9 Å². The van der Waals surface area contributed by atoms with E-state index >= 15 is 0 Å². The molecule has 0 aliphatic heterocycles. The van der Waals surface area contributed by atoms with Crippen molar-refractivity contribution < 1.29 is 9.66 Å². The number of ether oxygens (including phenoxy) is 1. The molecule has 2 aromatic rings. The van der Waals surface area contributed by atoms with Crippen LogP contribution in [0.5, 0.6) is 5.75 Å². The van der Waals surface area contributed by atoms with Gasteiger partial charge < -0.3 is 4.74 Å². The van der Waals surface area contributed by atoms with Gasteiger partial charge in [-0.2, -0.15) is 0 Å². The largest absolute Gasteiger partial charge is 0.480 e. The van der Waals surface area contributed by atoms with Crippen LogP contribution in [0.4, 0.5) is 5.69 Å². The molecule has 0 bridgehead atoms. The van der Waals surface area contributed by atoms with Gasteiger partial charge in [0, 0.05) is 16.7 Å². The summed E-state index contributed by atoms with van der Waals surface area (Å²) in [7, 11) is 0. The van der Waals surface area contributed by atoms with Gasteiger partial charge >= 0.3 is 5.69 Å². The van der Waals surface area contributed by atoms with Crippen LogP contribution in [0.25, 0.3) is 0 Å². The third-order valence-electron chi connectivity index (χ3n) is 2.48. The first-order valence-electron chi connectivity index (χ1n) is 5.54. The van der Waals surface area contributed by atoms with Crippen molar-refractivity contribution in [1.29, 1.82) is 0 Å². The normalized spacial score (nSPS) is 10.2. The Balaban J connectivity index is 2.16. The summed E-state index contributed by atoms with van der Waals surface area (Å²) in [4.78, 5) is 14.6. The minimum atomic E-state index is -0.455. The molecule has 6 heteroatoms. The van der Waals surface area contributed by atoms with Gasteiger partial charge in [-0.3, -0.25) is 15.1 Å². The third kappa shape index (κ3) is 3.51. The lowest BCUT2D eigenvalue weighted by Gasteiger charge is -2.07. The van der Waals surface area contributed by atoms with Crippen LogP contribution in [0.2, 0.25) is 0 Å². The zero-order valence-corrected chi connectivity index (χ0v) is 11.8. The fraction of sp³-hybridized carbons (Fsp3) is 0.154. The van der Waals surface area contributed by atoms with Gasteiger partial charge in [0.25, 0.3) is 0 Å². The van der Waals surface area contributed by atoms with Gasteiger partial charge in [-0.25, -0.2) is 0 Å². The summed E-state index contributed by atoms with van der Waals surface area (Å²) in [5, 5.41) is 10.9. The zero-order valence-electron chi connectivity index (χ0n) is 10.2. The van der Waals surface area contributed by atoms with Crippen molar-refractivity contribution in [3.63, 3.8) is 0 Å². The average molecular weight is 323 g/mol. The lowest BCUT2D eigenvalue weighted by molar-refractivity contribution is -0.386. The minimum absolute atomic E-state index is 0.0392. The number of hydrogen-bond donors (Lipinski definition) is 0. The average Bonchev–Trinajstić information content (AvgIpc) is 2.38. The van der Waals surface area contributed by atoms with Crippen molar-refractivity contribution in [3.8, 4) is 5.75 Å². The monoisotopic (exact) mass is 322 g/mol. The van der Waals surface area contributed by atoms with Crippen LogP contribution in [0, 0.1) is 17.0 Å². The van der Waals surface area contributed by atoms with E-state index in [1.807, 2.05) is 13.0 Å². The van der Waals surface area contributed by atoms with Gasteiger partial charge in [0.05, 0.1) is 10.6 Å². The van der Waals surface area contributed by atoms with E-state index in [-0.39, 0.29) is 18.0 Å². The summed E-state index contributed by atoms with van der Waals surface area (Å²) in [6, 6.07) is 8.42. The standard InChI is InChI=1S/C13H11BrN2O3/c1-9-2-5-12(16(17)18)13(6-9)19-8-11-4-3-10(14)7-15-11/h2-7H,8H2,1H3. The van der Waals surface area contributed by atoms with Crippen molar-refractivity contribution in [2.45, 2.75) is 13.5 Å². The Morgan fingerprint density at radius 1 is 1.37 bits per heavy atom. The predicted octanol–water partition coefficient (Wildman–Crippen LogP) is 3.64. The first-order chi connectivity index (χ1) is 9.06. The van der Waals surface area contributed by atoms with Gasteiger partial charge in [0.1, 0.15) is 6.61 Å². The fourth-order valence-electron chi connectivity index (χ4n) is 1.53. The summed E-state index contributed by atoms with van der Waals surface area (Å²) in [6.07, 6.45) is 1.66. The van der Waals surface area contributed by atoms with Gasteiger partial charge in [0.15, 0.2) is 5.75 Å². The zero-order chi connectivity index (χ0) is 13.8. The lowest BCUT2D eigenvalue weighted by atomic mass is 10.2. The highest BCUT2D eigenvalue weighted by molar-refractivity contribution is 9.10. The SMILES string of the molecule is Cc1ccc([N+](=O)[O-])c(OCc2ccc(Br)cn2)c1. The highest BCUT2D eigenvalue weighted by Crippen LogP contribution is 2.28. The molecule has 1 aromatic carbocycles. The van der Waals surface area contributed by atoms with Crippen molar-refractivity contribution >= 4 is 21.6 Å². The Hall–Kier alpha value is -1.95. The van der Waals surface area contributed by atoms with Crippen molar-refractivity contribution in [3.05, 3.63) is 62.4 Å². The molecule has 0 aliphatic carbocycles. The summed E-state index contributed by atoms with van der Waals surface area (Å²) >= 11 is 3.29. The summed E-state index contributed by atoms with van der Waals surface area (Å²) < 4.78 is 6.36. The number of pyridine rings is 1. The molecule has 5 nitrogen and oxygen atoms in total. The molecule has 0 aliphatic rings. The number of nitro benzene ring substituents is 1. The van der Waals surface area contributed by atoms with E-state index < -0.39 is 4.92 Å². The number of nitrogens with zero attached hydrogens (tertiary/aromatic N) is 2. The molecule has 2 rings (SSSR count). The molecule has 1 heterocycles. The number of halogens is 1. The molecular weight excluding hydrogens is 312 g/mol. The summed E-state index contributed by atoms with van der Waals surface area (Å²) in [6.45, 7) is 2.05. The van der Waals surface area contributed by atoms with E-state index in [9.17, 15) is 10.1 Å². The second kappa shape index (κ2) is 5.79. The van der Waals surface area contributed by atoms with E-state index in [0.29, 0.717) is 5.69 Å². The fourth-order valence-corrected chi connectivity index (χ4v) is 1.77. The Morgan fingerprint density at radius 3 is 2.79 bits per heavy atom. The van der Waals surface area contributed by atoms with Gasteiger partial charge in [-0.05, 0) is 46.6 Å². The van der Waals surface area contributed by atoms with Crippen molar-refractivity contribution in [2.24, 2.45) is 0 Å². The molecule has 0 atom stereocenters. The molecule has 19 heavy (non-hydrogen) atoms. The number of benzene rings is 1. The van der Waals surface area contributed by atoms with E-state index in [1.54, 1.807) is 24.4 Å². The van der Waals surface area contributed by atoms with E-state index in [2.05, 4.69) is 20.9 Å². The highest BCUT2D eigenvalue weighted by atomic mass is 79.9. The topological polar surface area (TPSA) is 65.3 Å². The summed E-state index contributed by atoms with van der Waals surface area (Å²) in [5.74, 6) is 0.259. The second-order valence-corrected chi connectivity index (χ2v) is 4.90. The van der Waals surface area contributed by atoms with Crippen LogP contribution in [-0.2, 0) is 6.61 Å².